The molecule has 0 aromatic rings. The molecule has 498 valence electrons. The number of carbonyl (C=O) groups excluding carboxylic acids is 4. The second kappa shape index (κ2) is 56.3. The van der Waals surface area contributed by atoms with Gasteiger partial charge in [0.05, 0.1) is 26.4 Å². The Morgan fingerprint density at radius 2 is 0.548 bits per heavy atom. The van der Waals surface area contributed by atoms with Gasteiger partial charge in [0.15, 0.2) is 12.2 Å². The summed E-state index contributed by atoms with van der Waals surface area (Å²) in [6.45, 7) is 11.7. The third-order valence-electron chi connectivity index (χ3n) is 14.9. The molecule has 0 amide bonds. The van der Waals surface area contributed by atoms with E-state index in [1.54, 1.807) is 0 Å². The van der Waals surface area contributed by atoms with Crippen LogP contribution in [0.15, 0.2) is 0 Å². The number of unbranched alkanes of at least 4 members (excludes halogenated alkanes) is 31. The van der Waals surface area contributed by atoms with Gasteiger partial charge in [-0.05, 0) is 43.4 Å². The summed E-state index contributed by atoms with van der Waals surface area (Å²) < 4.78 is 68.0. The number of esters is 4. The van der Waals surface area contributed by atoms with Crippen LogP contribution in [0.2, 0.25) is 0 Å². The normalized spacial score (nSPS) is 14.3. The van der Waals surface area contributed by atoms with Crippen molar-refractivity contribution in [2.75, 3.05) is 39.6 Å². The molecule has 3 N–H and O–H groups in total. The average molecular weight is 1240 g/mol. The maximum Gasteiger partial charge on any atom is 0.472 e. The average Bonchev–Trinajstić information content (AvgIpc) is 3.57. The Hall–Kier alpha value is -1.94. The van der Waals surface area contributed by atoms with Gasteiger partial charge < -0.3 is 33.8 Å². The van der Waals surface area contributed by atoms with Gasteiger partial charge in [0, 0.05) is 25.7 Å². The fourth-order valence-electron chi connectivity index (χ4n) is 9.66. The number of rotatable bonds is 63. The number of aliphatic hydroxyl groups is 1. The van der Waals surface area contributed by atoms with Crippen LogP contribution < -0.4 is 0 Å². The van der Waals surface area contributed by atoms with E-state index in [0.29, 0.717) is 31.6 Å². The Morgan fingerprint density at radius 1 is 0.321 bits per heavy atom. The molecule has 19 heteroatoms. The summed E-state index contributed by atoms with van der Waals surface area (Å²) in [4.78, 5) is 72.2. The summed E-state index contributed by atoms with van der Waals surface area (Å²) in [5.74, 6) is 0.0334. The molecule has 0 rings (SSSR count). The van der Waals surface area contributed by atoms with Crippen LogP contribution in [0.25, 0.3) is 0 Å². The third kappa shape index (κ3) is 59.0. The molecule has 0 aromatic carbocycles. The first kappa shape index (κ1) is 82.1. The Bertz CT molecular complexity index is 1660. The molecule has 2 unspecified atom stereocenters. The van der Waals surface area contributed by atoms with E-state index in [-0.39, 0.29) is 25.7 Å². The minimum Gasteiger partial charge on any atom is -0.462 e. The van der Waals surface area contributed by atoms with Crippen molar-refractivity contribution in [1.82, 2.24) is 0 Å². The molecule has 0 bridgehead atoms. The highest BCUT2D eigenvalue weighted by atomic mass is 31.2. The van der Waals surface area contributed by atoms with Gasteiger partial charge in [-0.25, -0.2) is 9.13 Å². The van der Waals surface area contributed by atoms with Crippen molar-refractivity contribution in [1.29, 1.82) is 0 Å². The van der Waals surface area contributed by atoms with Crippen molar-refractivity contribution >= 4 is 39.5 Å². The fourth-order valence-corrected chi connectivity index (χ4v) is 11.2. The minimum absolute atomic E-state index is 0.102. The minimum atomic E-state index is -4.95. The van der Waals surface area contributed by atoms with Crippen LogP contribution in [0.1, 0.15) is 318 Å². The first-order valence-electron chi connectivity index (χ1n) is 33.8. The lowest BCUT2D eigenvalue weighted by Gasteiger charge is -2.21. The standard InChI is InChI=1S/C65H126O17P2/c1-8-9-10-11-12-17-24-32-39-46-62(67)75-53-61(82-65(70)49-42-35-28-27-31-38-45-58(6)7)55-80-84(73,74)78-51-59(66)50-77-83(71,72)79-54-60(52-76-63(68)47-40-33-25-21-20-23-30-37-44-57(4)5)81-64(69)48-41-34-26-19-16-14-13-15-18-22-29-36-43-56(2)3/h56-61,66H,8-55H2,1-7H3,(H,71,72)(H,73,74)/t59-,60-,61-/m1/s1. The molecule has 0 fully saturated rings. The first-order chi connectivity index (χ1) is 40.2. The number of aliphatic hydroxyl groups excluding tert-OH is 1. The predicted molar refractivity (Wildman–Crippen MR) is 335 cm³/mol. The molecule has 0 aliphatic carbocycles. The highest BCUT2D eigenvalue weighted by Gasteiger charge is 2.30. The number of ether oxygens (including phenoxy) is 4. The zero-order valence-corrected chi connectivity index (χ0v) is 56.1. The van der Waals surface area contributed by atoms with Gasteiger partial charge in [0.1, 0.15) is 19.3 Å². The Balaban J connectivity index is 5.23. The lowest BCUT2D eigenvalue weighted by molar-refractivity contribution is -0.161. The SMILES string of the molecule is CCCCCCCCCCCC(=O)OC[C@H](COP(=O)(O)OC[C@H](O)COP(=O)(O)OC[C@@H](COC(=O)CCCCCCCCCCC(C)C)OC(=O)CCCCCCCCCCCCCCC(C)C)OC(=O)CCCCCCCCC(C)C. The molecule has 0 aliphatic rings. The van der Waals surface area contributed by atoms with Crippen LogP contribution in [-0.4, -0.2) is 96.7 Å². The van der Waals surface area contributed by atoms with E-state index in [1.165, 1.54) is 128 Å². The molecule has 0 radical (unpaired) electrons. The quantitative estimate of drug-likeness (QED) is 0.0222. The van der Waals surface area contributed by atoms with E-state index in [4.69, 9.17) is 37.0 Å². The number of phosphoric ester groups is 2. The molecule has 17 nitrogen and oxygen atoms in total. The fraction of sp³-hybridized carbons (Fsp3) is 0.938. The van der Waals surface area contributed by atoms with Crippen molar-refractivity contribution in [3.05, 3.63) is 0 Å². The third-order valence-corrected chi connectivity index (χ3v) is 16.8. The maximum absolute atomic E-state index is 13.0. The molecular formula is C65H126O17P2. The van der Waals surface area contributed by atoms with E-state index in [0.717, 1.165) is 102 Å². The van der Waals surface area contributed by atoms with Gasteiger partial charge in [-0.2, -0.15) is 0 Å². The van der Waals surface area contributed by atoms with Crippen molar-refractivity contribution in [2.24, 2.45) is 17.8 Å². The second-order valence-corrected chi connectivity index (χ2v) is 27.8. The van der Waals surface area contributed by atoms with Crippen molar-refractivity contribution in [3.8, 4) is 0 Å². The van der Waals surface area contributed by atoms with Gasteiger partial charge in [0.2, 0.25) is 0 Å². The molecule has 0 aromatic heterocycles. The van der Waals surface area contributed by atoms with Crippen molar-refractivity contribution < 1.29 is 80.2 Å². The number of carbonyl (C=O) groups is 4. The summed E-state index contributed by atoms with van der Waals surface area (Å²) in [6.07, 6.45) is 37.8. The largest absolute Gasteiger partial charge is 0.472 e. The molecule has 0 aliphatic heterocycles. The van der Waals surface area contributed by atoms with Crippen LogP contribution in [0.5, 0.6) is 0 Å². The molecule has 0 saturated carbocycles. The van der Waals surface area contributed by atoms with Crippen LogP contribution in [0.3, 0.4) is 0 Å². The van der Waals surface area contributed by atoms with Crippen molar-refractivity contribution in [3.63, 3.8) is 0 Å². The maximum atomic E-state index is 13.0. The highest BCUT2D eigenvalue weighted by Crippen LogP contribution is 2.45. The molecule has 0 saturated heterocycles. The lowest BCUT2D eigenvalue weighted by Crippen LogP contribution is -2.30. The Morgan fingerprint density at radius 3 is 0.810 bits per heavy atom. The summed E-state index contributed by atoms with van der Waals surface area (Å²) in [6, 6.07) is 0. The summed E-state index contributed by atoms with van der Waals surface area (Å²) in [5.41, 5.74) is 0. The predicted octanol–water partition coefficient (Wildman–Crippen LogP) is 17.9. The molecule has 5 atom stereocenters. The smallest absolute Gasteiger partial charge is 0.462 e. The monoisotopic (exact) mass is 1240 g/mol. The lowest BCUT2D eigenvalue weighted by atomic mass is 10.0. The molecular weight excluding hydrogens is 1110 g/mol. The van der Waals surface area contributed by atoms with E-state index in [9.17, 15) is 43.2 Å². The number of hydrogen-bond acceptors (Lipinski definition) is 15. The van der Waals surface area contributed by atoms with E-state index in [2.05, 4.69) is 48.5 Å². The van der Waals surface area contributed by atoms with E-state index < -0.39 is 97.5 Å². The van der Waals surface area contributed by atoms with Crippen molar-refractivity contribution in [2.45, 2.75) is 336 Å². The second-order valence-electron chi connectivity index (χ2n) is 24.9. The van der Waals surface area contributed by atoms with Crippen LogP contribution >= 0.6 is 15.6 Å². The van der Waals surface area contributed by atoms with Gasteiger partial charge >= 0.3 is 39.5 Å². The Kier molecular flexibility index (Phi) is 55.0. The van der Waals surface area contributed by atoms with Crippen LogP contribution in [0.4, 0.5) is 0 Å². The zero-order valence-electron chi connectivity index (χ0n) is 54.4. The molecule has 0 spiro atoms. The number of phosphoric acid groups is 2. The summed E-state index contributed by atoms with van der Waals surface area (Å²) in [7, 11) is -9.89. The number of hydrogen-bond donors (Lipinski definition) is 3. The molecule has 0 heterocycles. The van der Waals surface area contributed by atoms with Crippen LogP contribution in [0, 0.1) is 17.8 Å². The molecule has 84 heavy (non-hydrogen) atoms. The van der Waals surface area contributed by atoms with E-state index in [1.807, 2.05) is 0 Å². The van der Waals surface area contributed by atoms with Gasteiger partial charge in [-0.1, -0.05) is 267 Å². The highest BCUT2D eigenvalue weighted by molar-refractivity contribution is 7.47. The topological polar surface area (TPSA) is 237 Å². The zero-order chi connectivity index (χ0) is 62.4. The van der Waals surface area contributed by atoms with Gasteiger partial charge in [-0.15, -0.1) is 0 Å². The summed E-state index contributed by atoms with van der Waals surface area (Å²) in [5, 5.41) is 10.5. The van der Waals surface area contributed by atoms with Gasteiger partial charge in [0.25, 0.3) is 0 Å². The van der Waals surface area contributed by atoms with E-state index >= 15 is 0 Å². The Labute approximate surface area is 511 Å². The van der Waals surface area contributed by atoms with Gasteiger partial charge in [-0.3, -0.25) is 37.3 Å². The summed E-state index contributed by atoms with van der Waals surface area (Å²) >= 11 is 0. The van der Waals surface area contributed by atoms with Crippen LogP contribution in [-0.2, 0) is 65.4 Å². The first-order valence-corrected chi connectivity index (χ1v) is 36.8.